The van der Waals surface area contributed by atoms with Gasteiger partial charge in [-0.1, -0.05) is 12.1 Å². The van der Waals surface area contributed by atoms with Gasteiger partial charge >= 0.3 is 0 Å². The van der Waals surface area contributed by atoms with Gasteiger partial charge < -0.3 is 14.8 Å². The summed E-state index contributed by atoms with van der Waals surface area (Å²) in [6.45, 7) is 9.17. The fraction of sp³-hybridized carbons (Fsp3) is 0.625. The molecule has 1 aliphatic rings. The van der Waals surface area contributed by atoms with Crippen molar-refractivity contribution in [3.8, 4) is 5.75 Å². The fourth-order valence-corrected chi connectivity index (χ4v) is 2.54. The van der Waals surface area contributed by atoms with Crippen molar-refractivity contribution in [1.82, 2.24) is 10.2 Å². The summed E-state index contributed by atoms with van der Waals surface area (Å²) < 4.78 is 10.6. The lowest BCUT2D eigenvalue weighted by Gasteiger charge is -2.26. The Bertz CT molecular complexity index is 403. The van der Waals surface area contributed by atoms with E-state index in [4.69, 9.17) is 9.47 Å². The second-order valence-electron chi connectivity index (χ2n) is 5.29. The first kappa shape index (κ1) is 15.3. The molecule has 0 radical (unpaired) electrons. The first-order chi connectivity index (χ1) is 9.79. The Hall–Kier alpha value is -1.10. The molecule has 1 saturated heterocycles. The van der Waals surface area contributed by atoms with Crippen LogP contribution in [0, 0.1) is 6.92 Å². The molecular weight excluding hydrogens is 252 g/mol. The van der Waals surface area contributed by atoms with E-state index in [0.717, 1.165) is 51.7 Å². The summed E-state index contributed by atoms with van der Waals surface area (Å²) in [5, 5.41) is 3.51. The quantitative estimate of drug-likeness (QED) is 0.771. The van der Waals surface area contributed by atoms with Crippen LogP contribution in [0.15, 0.2) is 18.2 Å². The van der Waals surface area contributed by atoms with Gasteiger partial charge in [0.05, 0.1) is 20.3 Å². The number of rotatable bonds is 7. The van der Waals surface area contributed by atoms with Crippen LogP contribution in [0.2, 0.25) is 0 Å². The summed E-state index contributed by atoms with van der Waals surface area (Å²) in [6.07, 6.45) is 1.19. The number of hydrogen-bond acceptors (Lipinski definition) is 4. The average Bonchev–Trinajstić information content (AvgIpc) is 2.48. The summed E-state index contributed by atoms with van der Waals surface area (Å²) >= 11 is 0. The summed E-state index contributed by atoms with van der Waals surface area (Å²) in [4.78, 5) is 2.47. The highest BCUT2D eigenvalue weighted by Gasteiger charge is 2.08. The zero-order valence-electron chi connectivity index (χ0n) is 12.7. The van der Waals surface area contributed by atoms with E-state index in [9.17, 15) is 0 Å². The zero-order chi connectivity index (χ0) is 14.2. The highest BCUT2D eigenvalue weighted by Crippen LogP contribution is 2.18. The van der Waals surface area contributed by atoms with E-state index in [-0.39, 0.29) is 0 Å². The van der Waals surface area contributed by atoms with Crippen LogP contribution in [-0.2, 0) is 11.3 Å². The minimum absolute atomic E-state index is 0.887. The molecule has 1 fully saturated rings. The Labute approximate surface area is 122 Å². The Morgan fingerprint density at radius 1 is 1.30 bits per heavy atom. The topological polar surface area (TPSA) is 33.7 Å². The molecule has 0 unspecified atom stereocenters. The van der Waals surface area contributed by atoms with Gasteiger partial charge in [-0.15, -0.1) is 0 Å². The van der Waals surface area contributed by atoms with Gasteiger partial charge in [-0.2, -0.15) is 0 Å². The molecule has 0 amide bonds. The highest BCUT2D eigenvalue weighted by atomic mass is 16.5. The Morgan fingerprint density at radius 3 is 2.80 bits per heavy atom. The number of ether oxygens (including phenoxy) is 2. The van der Waals surface area contributed by atoms with Crippen molar-refractivity contribution in [2.45, 2.75) is 19.9 Å². The van der Waals surface area contributed by atoms with E-state index in [1.165, 1.54) is 17.5 Å². The third-order valence-electron chi connectivity index (χ3n) is 3.72. The Balaban J connectivity index is 1.61. The number of methoxy groups -OCH3 is 1. The third-order valence-corrected chi connectivity index (χ3v) is 3.72. The molecule has 0 aromatic heterocycles. The first-order valence-electron chi connectivity index (χ1n) is 7.44. The van der Waals surface area contributed by atoms with E-state index in [1.54, 1.807) is 7.11 Å². The van der Waals surface area contributed by atoms with E-state index in [0.29, 0.717) is 0 Å². The first-order valence-corrected chi connectivity index (χ1v) is 7.44. The lowest BCUT2D eigenvalue weighted by Crippen LogP contribution is -2.37. The molecule has 112 valence electrons. The van der Waals surface area contributed by atoms with Gasteiger partial charge in [0.25, 0.3) is 0 Å². The summed E-state index contributed by atoms with van der Waals surface area (Å²) in [5.74, 6) is 0.959. The van der Waals surface area contributed by atoms with E-state index >= 15 is 0 Å². The molecule has 1 aromatic carbocycles. The van der Waals surface area contributed by atoms with Gasteiger partial charge in [-0.25, -0.2) is 0 Å². The minimum Gasteiger partial charge on any atom is -0.496 e. The summed E-state index contributed by atoms with van der Waals surface area (Å²) in [7, 11) is 1.71. The van der Waals surface area contributed by atoms with Crippen molar-refractivity contribution in [2.24, 2.45) is 0 Å². The maximum absolute atomic E-state index is 5.35. The molecule has 4 nitrogen and oxygen atoms in total. The fourth-order valence-electron chi connectivity index (χ4n) is 2.54. The van der Waals surface area contributed by atoms with E-state index in [2.05, 4.69) is 29.3 Å². The number of benzene rings is 1. The van der Waals surface area contributed by atoms with Crippen molar-refractivity contribution in [2.75, 3.05) is 46.5 Å². The summed E-state index contributed by atoms with van der Waals surface area (Å²) in [6, 6.07) is 6.36. The molecule has 0 saturated carbocycles. The van der Waals surface area contributed by atoms with Gasteiger partial charge in [0.1, 0.15) is 5.75 Å². The molecule has 2 rings (SSSR count). The van der Waals surface area contributed by atoms with Crippen LogP contribution in [0.1, 0.15) is 17.5 Å². The molecule has 0 bridgehead atoms. The molecule has 0 aliphatic carbocycles. The number of morpholine rings is 1. The largest absolute Gasteiger partial charge is 0.496 e. The number of hydrogen-bond donors (Lipinski definition) is 1. The van der Waals surface area contributed by atoms with Crippen LogP contribution >= 0.6 is 0 Å². The van der Waals surface area contributed by atoms with Gasteiger partial charge in [0, 0.05) is 19.6 Å². The smallest absolute Gasteiger partial charge is 0.121 e. The number of nitrogens with one attached hydrogen (secondary N) is 1. The Kier molecular flexibility index (Phi) is 6.30. The highest BCUT2D eigenvalue weighted by molar-refractivity contribution is 5.36. The predicted octanol–water partition coefficient (Wildman–Crippen LogP) is 1.82. The molecule has 1 aliphatic heterocycles. The lowest BCUT2D eigenvalue weighted by atomic mass is 10.1. The van der Waals surface area contributed by atoms with Gasteiger partial charge in [-0.05, 0) is 43.6 Å². The van der Waals surface area contributed by atoms with Crippen LogP contribution in [0.3, 0.4) is 0 Å². The standard InChI is InChI=1S/C16H26N2O2/c1-14-12-15(4-5-16(14)19-2)13-17-6-3-7-18-8-10-20-11-9-18/h4-5,12,17H,3,6-11,13H2,1-2H3. The van der Waals surface area contributed by atoms with Crippen LogP contribution < -0.4 is 10.1 Å². The molecular formula is C16H26N2O2. The SMILES string of the molecule is COc1ccc(CNCCCN2CCOCC2)cc1C. The molecule has 4 heteroatoms. The second-order valence-corrected chi connectivity index (χ2v) is 5.29. The summed E-state index contributed by atoms with van der Waals surface area (Å²) in [5.41, 5.74) is 2.51. The van der Waals surface area contributed by atoms with Crippen molar-refractivity contribution in [1.29, 1.82) is 0 Å². The maximum Gasteiger partial charge on any atom is 0.121 e. The third kappa shape index (κ3) is 4.78. The van der Waals surface area contributed by atoms with E-state index in [1.807, 2.05) is 6.07 Å². The minimum atomic E-state index is 0.887. The van der Waals surface area contributed by atoms with E-state index < -0.39 is 0 Å². The molecule has 0 atom stereocenters. The van der Waals surface area contributed by atoms with Crippen LogP contribution in [0.5, 0.6) is 5.75 Å². The van der Waals surface area contributed by atoms with Crippen molar-refractivity contribution >= 4 is 0 Å². The zero-order valence-corrected chi connectivity index (χ0v) is 12.7. The number of nitrogens with zero attached hydrogens (tertiary/aromatic N) is 1. The van der Waals surface area contributed by atoms with Crippen molar-refractivity contribution in [3.05, 3.63) is 29.3 Å². The lowest BCUT2D eigenvalue weighted by molar-refractivity contribution is 0.0374. The van der Waals surface area contributed by atoms with Crippen molar-refractivity contribution in [3.63, 3.8) is 0 Å². The Morgan fingerprint density at radius 2 is 2.10 bits per heavy atom. The van der Waals surface area contributed by atoms with Crippen LogP contribution in [0.25, 0.3) is 0 Å². The van der Waals surface area contributed by atoms with Crippen molar-refractivity contribution < 1.29 is 9.47 Å². The van der Waals surface area contributed by atoms with Gasteiger partial charge in [-0.3, -0.25) is 4.90 Å². The van der Waals surface area contributed by atoms with Crippen LogP contribution in [-0.4, -0.2) is 51.4 Å². The molecule has 1 N–H and O–H groups in total. The predicted molar refractivity (Wildman–Crippen MR) is 81.3 cm³/mol. The number of aryl methyl sites for hydroxylation is 1. The van der Waals surface area contributed by atoms with Gasteiger partial charge in [0.2, 0.25) is 0 Å². The average molecular weight is 278 g/mol. The maximum atomic E-state index is 5.35. The molecule has 1 aromatic rings. The monoisotopic (exact) mass is 278 g/mol. The molecule has 0 spiro atoms. The second kappa shape index (κ2) is 8.25. The normalized spacial score (nSPS) is 16.3. The molecule has 20 heavy (non-hydrogen) atoms. The molecule has 1 heterocycles. The van der Waals surface area contributed by atoms with Crippen LogP contribution in [0.4, 0.5) is 0 Å². The van der Waals surface area contributed by atoms with Gasteiger partial charge in [0.15, 0.2) is 0 Å².